The number of rotatable bonds is 4. The van der Waals surface area contributed by atoms with Gasteiger partial charge in [0.05, 0.1) is 32.4 Å². The molecule has 12 heteroatoms. The Morgan fingerprint density at radius 2 is 1.80 bits per heavy atom. The number of amides is 4. The van der Waals surface area contributed by atoms with Crippen molar-refractivity contribution in [2.24, 2.45) is 0 Å². The number of ether oxygens (including phenoxy) is 3. The molecule has 0 radical (unpaired) electrons. The Morgan fingerprint density at radius 3 is 2.50 bits per heavy atom. The highest BCUT2D eigenvalue weighted by Gasteiger charge is 2.50. The second kappa shape index (κ2) is 10.9. The summed E-state index contributed by atoms with van der Waals surface area (Å²) < 4.78 is 16.2. The maximum atomic E-state index is 14.0. The van der Waals surface area contributed by atoms with Gasteiger partial charge >= 0.3 is 6.09 Å². The molecule has 1 aromatic carbocycles. The molecule has 0 unspecified atom stereocenters. The Bertz CT molecular complexity index is 1160. The number of carbonyl (C=O) groups is 4. The van der Waals surface area contributed by atoms with Crippen molar-refractivity contribution in [1.82, 2.24) is 20.4 Å². The lowest BCUT2D eigenvalue weighted by Gasteiger charge is -2.43. The van der Waals surface area contributed by atoms with Gasteiger partial charge in [0.2, 0.25) is 11.8 Å². The summed E-state index contributed by atoms with van der Waals surface area (Å²) >= 11 is 0. The van der Waals surface area contributed by atoms with Gasteiger partial charge in [-0.2, -0.15) is 0 Å². The highest BCUT2D eigenvalue weighted by Crippen LogP contribution is 2.34. The van der Waals surface area contributed by atoms with E-state index in [4.69, 9.17) is 14.2 Å². The lowest BCUT2D eigenvalue weighted by Crippen LogP contribution is -2.66. The highest BCUT2D eigenvalue weighted by atomic mass is 16.6. The fraction of sp³-hybridized carbons (Fsp3) is 0.643. The first-order valence-corrected chi connectivity index (χ1v) is 13.9. The number of aliphatic hydroxyl groups is 1. The topological polar surface area (TPSA) is 147 Å². The van der Waals surface area contributed by atoms with E-state index in [1.165, 1.54) is 4.90 Å². The number of para-hydroxylation sites is 1. The van der Waals surface area contributed by atoms with E-state index in [0.717, 1.165) is 11.3 Å². The lowest BCUT2D eigenvalue weighted by atomic mass is 9.98. The number of fused-ring (bicyclic) bond motifs is 2. The molecule has 3 N–H and O–H groups in total. The van der Waals surface area contributed by atoms with Crippen LogP contribution in [-0.4, -0.2) is 101 Å². The molecule has 12 nitrogen and oxygen atoms in total. The normalized spacial score (nSPS) is 27.6. The molecule has 1 aromatic rings. The lowest BCUT2D eigenvalue weighted by molar-refractivity contribution is -0.200. The van der Waals surface area contributed by atoms with Crippen molar-refractivity contribution in [3.05, 3.63) is 29.8 Å². The van der Waals surface area contributed by atoms with Gasteiger partial charge in [-0.1, -0.05) is 18.2 Å². The predicted octanol–water partition coefficient (Wildman–Crippen LogP) is 0.873. The van der Waals surface area contributed by atoms with Gasteiger partial charge in [0.25, 0.3) is 5.91 Å². The van der Waals surface area contributed by atoms with E-state index in [9.17, 15) is 24.3 Å². The van der Waals surface area contributed by atoms with Crippen LogP contribution in [-0.2, 0) is 23.9 Å². The number of hydrogen-bond donors (Lipinski definition) is 3. The molecule has 40 heavy (non-hydrogen) atoms. The van der Waals surface area contributed by atoms with Crippen molar-refractivity contribution in [3.63, 3.8) is 0 Å². The first-order valence-electron chi connectivity index (χ1n) is 13.9. The minimum Gasteiger partial charge on any atom is -0.493 e. The van der Waals surface area contributed by atoms with Crippen LogP contribution in [0.1, 0.15) is 58.1 Å². The van der Waals surface area contributed by atoms with E-state index < -0.39 is 41.2 Å². The van der Waals surface area contributed by atoms with E-state index in [-0.39, 0.29) is 44.3 Å². The number of nitrogens with zero attached hydrogens (tertiary/aromatic N) is 2. The molecule has 0 aliphatic carbocycles. The van der Waals surface area contributed by atoms with E-state index in [0.29, 0.717) is 32.3 Å². The maximum absolute atomic E-state index is 14.0. The third-order valence-corrected chi connectivity index (χ3v) is 7.83. The Hall–Kier alpha value is -3.38. The van der Waals surface area contributed by atoms with Gasteiger partial charge in [-0.25, -0.2) is 4.79 Å². The standard InChI is InChI=1S/C28H38N4O8/c1-27(2,3)40-26(36)30-20-14-31(25(35)28(37)15-38-16-28)12-10-17-8-9-21(32(17)24(20)34)23(33)29-19-11-13-39-22-7-5-4-6-18(19)22/h4-7,17,19-21,37H,8-16H2,1-3H3,(H,29,33)(H,30,36)/t17-,19-,20+,21+/m1/s1. The van der Waals surface area contributed by atoms with Crippen LogP contribution in [0.3, 0.4) is 0 Å². The number of hydrogen-bond acceptors (Lipinski definition) is 8. The fourth-order valence-electron chi connectivity index (χ4n) is 5.85. The molecule has 0 aromatic heterocycles. The first kappa shape index (κ1) is 28.2. The van der Waals surface area contributed by atoms with Crippen molar-refractivity contribution in [1.29, 1.82) is 0 Å². The first-order chi connectivity index (χ1) is 18.9. The SMILES string of the molecule is CC(C)(C)OC(=O)N[C@H]1CN(C(=O)C2(O)COC2)CC[C@H]2CC[C@@H](C(=O)N[C@@H]3CCOc4ccccc43)N2C1=O. The summed E-state index contributed by atoms with van der Waals surface area (Å²) in [6, 6.07) is 5.13. The Kier molecular flexibility index (Phi) is 7.66. The zero-order valence-electron chi connectivity index (χ0n) is 23.2. The molecule has 0 saturated carbocycles. The zero-order valence-corrected chi connectivity index (χ0v) is 23.2. The van der Waals surface area contributed by atoms with Crippen LogP contribution >= 0.6 is 0 Å². The Balaban J connectivity index is 1.36. The summed E-state index contributed by atoms with van der Waals surface area (Å²) in [7, 11) is 0. The molecule has 4 heterocycles. The van der Waals surface area contributed by atoms with E-state index >= 15 is 0 Å². The third kappa shape index (κ3) is 5.73. The van der Waals surface area contributed by atoms with Gasteiger partial charge in [0.15, 0.2) is 5.60 Å². The van der Waals surface area contributed by atoms with Crippen LogP contribution in [0.2, 0.25) is 0 Å². The minimum absolute atomic E-state index is 0.117. The molecule has 218 valence electrons. The van der Waals surface area contributed by atoms with Crippen molar-refractivity contribution in [3.8, 4) is 5.75 Å². The van der Waals surface area contributed by atoms with Crippen LogP contribution in [0, 0.1) is 0 Å². The van der Waals surface area contributed by atoms with Crippen LogP contribution in [0.5, 0.6) is 5.75 Å². The van der Waals surface area contributed by atoms with E-state index in [1.54, 1.807) is 25.7 Å². The smallest absolute Gasteiger partial charge is 0.408 e. The molecule has 4 atom stereocenters. The summed E-state index contributed by atoms with van der Waals surface area (Å²) in [5.41, 5.74) is -1.55. The molecule has 0 bridgehead atoms. The van der Waals surface area contributed by atoms with Crippen molar-refractivity contribution < 1.29 is 38.5 Å². The Morgan fingerprint density at radius 1 is 1.05 bits per heavy atom. The van der Waals surface area contributed by atoms with Crippen molar-refractivity contribution in [2.45, 2.75) is 81.8 Å². The summed E-state index contributed by atoms with van der Waals surface area (Å²) in [6.07, 6.45) is 1.28. The van der Waals surface area contributed by atoms with E-state index in [2.05, 4.69) is 10.6 Å². The van der Waals surface area contributed by atoms with Gasteiger partial charge in [-0.15, -0.1) is 0 Å². The molecule has 0 spiro atoms. The van der Waals surface area contributed by atoms with Crippen molar-refractivity contribution in [2.75, 3.05) is 32.9 Å². The second-order valence-electron chi connectivity index (χ2n) is 12.0. The van der Waals surface area contributed by atoms with Crippen LogP contribution in [0.4, 0.5) is 4.79 Å². The summed E-state index contributed by atoms with van der Waals surface area (Å²) in [5.74, 6) is -0.532. The van der Waals surface area contributed by atoms with Crippen LogP contribution in [0.25, 0.3) is 0 Å². The number of alkyl carbamates (subject to hydrolysis) is 1. The Labute approximate surface area is 233 Å². The quantitative estimate of drug-likeness (QED) is 0.494. The predicted molar refractivity (Wildman–Crippen MR) is 141 cm³/mol. The van der Waals surface area contributed by atoms with Crippen LogP contribution < -0.4 is 15.4 Å². The van der Waals surface area contributed by atoms with Crippen LogP contribution in [0.15, 0.2) is 24.3 Å². The average Bonchev–Trinajstić information content (AvgIpc) is 3.30. The summed E-state index contributed by atoms with van der Waals surface area (Å²) in [5, 5.41) is 16.4. The van der Waals surface area contributed by atoms with Gasteiger partial charge in [0, 0.05) is 24.6 Å². The third-order valence-electron chi connectivity index (χ3n) is 7.83. The molecule has 5 rings (SSSR count). The molecule has 4 amide bonds. The van der Waals surface area contributed by atoms with Gasteiger partial charge in [-0.05, 0) is 46.1 Å². The molecule has 3 fully saturated rings. The number of benzene rings is 1. The second-order valence-corrected chi connectivity index (χ2v) is 12.0. The molecule has 4 aliphatic rings. The molecule has 3 saturated heterocycles. The van der Waals surface area contributed by atoms with Crippen molar-refractivity contribution >= 4 is 23.8 Å². The molecular formula is C28H38N4O8. The number of carbonyl (C=O) groups excluding carboxylic acids is 4. The minimum atomic E-state index is -1.64. The number of nitrogens with one attached hydrogen (secondary N) is 2. The van der Waals surface area contributed by atoms with E-state index in [1.807, 2.05) is 24.3 Å². The largest absolute Gasteiger partial charge is 0.493 e. The van der Waals surface area contributed by atoms with Gasteiger partial charge in [-0.3, -0.25) is 14.4 Å². The summed E-state index contributed by atoms with van der Waals surface area (Å²) in [4.78, 5) is 56.5. The van der Waals surface area contributed by atoms with Gasteiger partial charge in [0.1, 0.15) is 23.4 Å². The average molecular weight is 559 g/mol. The molecular weight excluding hydrogens is 520 g/mol. The zero-order chi connectivity index (χ0) is 28.7. The van der Waals surface area contributed by atoms with Gasteiger partial charge < -0.3 is 39.8 Å². The molecule has 4 aliphatic heterocycles. The fourth-order valence-corrected chi connectivity index (χ4v) is 5.85. The monoisotopic (exact) mass is 558 g/mol. The summed E-state index contributed by atoms with van der Waals surface area (Å²) in [6.45, 7) is 5.45. The highest BCUT2D eigenvalue weighted by molar-refractivity contribution is 5.93. The maximum Gasteiger partial charge on any atom is 0.408 e.